The molecule has 0 fully saturated rings. The van der Waals surface area contributed by atoms with Crippen molar-refractivity contribution in [2.45, 2.75) is 13.3 Å². The average molecular weight is 239 g/mol. The molecule has 0 saturated heterocycles. The van der Waals surface area contributed by atoms with Gasteiger partial charge in [0.05, 0.1) is 0 Å². The SMILES string of the molecule is C/C=C/Cc1ccc(O)cc1.COC.NC=O. The van der Waals surface area contributed by atoms with E-state index in [4.69, 9.17) is 9.90 Å². The van der Waals surface area contributed by atoms with Crippen LogP contribution in [0.1, 0.15) is 12.5 Å². The van der Waals surface area contributed by atoms with E-state index < -0.39 is 0 Å². The first-order chi connectivity index (χ1) is 8.15. The number of phenols is 1. The summed E-state index contributed by atoms with van der Waals surface area (Å²) in [4.78, 5) is 8.58. The molecule has 0 saturated carbocycles. The number of phenolic OH excluding ortho intramolecular Hbond substituents is 1. The molecule has 1 aromatic carbocycles. The van der Waals surface area contributed by atoms with Crippen LogP contribution in [-0.4, -0.2) is 25.7 Å². The van der Waals surface area contributed by atoms with Crippen LogP contribution < -0.4 is 5.73 Å². The fourth-order valence-electron chi connectivity index (χ4n) is 0.886. The molecule has 0 spiro atoms. The van der Waals surface area contributed by atoms with E-state index in [9.17, 15) is 0 Å². The molecule has 0 aliphatic rings. The second kappa shape index (κ2) is 14.2. The highest BCUT2D eigenvalue weighted by Crippen LogP contribution is 2.09. The predicted octanol–water partition coefficient (Wildman–Crippen LogP) is 1.87. The minimum atomic E-state index is 0.250. The minimum Gasteiger partial charge on any atom is -0.508 e. The Hall–Kier alpha value is -1.81. The van der Waals surface area contributed by atoms with Gasteiger partial charge in [-0.3, -0.25) is 4.79 Å². The van der Waals surface area contributed by atoms with Crippen molar-refractivity contribution in [2.24, 2.45) is 5.73 Å². The average Bonchev–Trinajstić information content (AvgIpc) is 2.30. The van der Waals surface area contributed by atoms with E-state index >= 15 is 0 Å². The number of hydrogen-bond donors (Lipinski definition) is 2. The summed E-state index contributed by atoms with van der Waals surface area (Å²) >= 11 is 0. The maximum absolute atomic E-state index is 8.96. The van der Waals surface area contributed by atoms with E-state index in [1.165, 1.54) is 5.56 Å². The molecule has 1 amide bonds. The Morgan fingerprint density at radius 2 is 1.71 bits per heavy atom. The van der Waals surface area contributed by atoms with E-state index in [1.54, 1.807) is 26.4 Å². The zero-order chi connectivity index (χ0) is 13.5. The lowest BCUT2D eigenvalue weighted by atomic mass is 10.1. The number of carbonyl (C=O) groups excluding carboxylic acids is 1. The third-order valence-electron chi connectivity index (χ3n) is 1.53. The molecule has 0 unspecified atom stereocenters. The van der Waals surface area contributed by atoms with Gasteiger partial charge in [-0.25, -0.2) is 0 Å². The van der Waals surface area contributed by atoms with Crippen molar-refractivity contribution < 1.29 is 14.6 Å². The zero-order valence-corrected chi connectivity index (χ0v) is 10.6. The van der Waals surface area contributed by atoms with Crippen molar-refractivity contribution in [3.05, 3.63) is 42.0 Å². The Morgan fingerprint density at radius 3 is 2.06 bits per heavy atom. The second-order valence-electron chi connectivity index (χ2n) is 2.98. The molecule has 1 rings (SSSR count). The molecule has 96 valence electrons. The molecule has 1 aromatic rings. The van der Waals surface area contributed by atoms with Gasteiger partial charge in [0, 0.05) is 14.2 Å². The minimum absolute atomic E-state index is 0.250. The molecule has 0 bridgehead atoms. The monoisotopic (exact) mass is 239 g/mol. The molecule has 3 N–H and O–H groups in total. The van der Waals surface area contributed by atoms with Crippen LogP contribution in [0.5, 0.6) is 5.75 Å². The first kappa shape index (κ1) is 17.6. The summed E-state index contributed by atoms with van der Waals surface area (Å²) in [5.74, 6) is 0.328. The highest BCUT2D eigenvalue weighted by Gasteiger charge is 1.88. The summed E-state index contributed by atoms with van der Waals surface area (Å²) in [5, 5.41) is 8.96. The third-order valence-corrected chi connectivity index (χ3v) is 1.53. The van der Waals surface area contributed by atoms with E-state index in [1.807, 2.05) is 25.1 Å². The van der Waals surface area contributed by atoms with Crippen molar-refractivity contribution in [3.8, 4) is 5.75 Å². The first-order valence-electron chi connectivity index (χ1n) is 5.10. The maximum atomic E-state index is 8.96. The highest BCUT2D eigenvalue weighted by atomic mass is 16.4. The Labute approximate surface area is 103 Å². The van der Waals surface area contributed by atoms with Crippen molar-refractivity contribution in [1.29, 1.82) is 0 Å². The molecular formula is C13H21NO3. The number of benzene rings is 1. The predicted molar refractivity (Wildman–Crippen MR) is 69.8 cm³/mol. The van der Waals surface area contributed by atoms with Crippen LogP contribution in [0.3, 0.4) is 0 Å². The first-order valence-corrected chi connectivity index (χ1v) is 5.10. The van der Waals surface area contributed by atoms with Gasteiger partial charge >= 0.3 is 0 Å². The molecule has 0 radical (unpaired) electrons. The molecule has 0 atom stereocenters. The van der Waals surface area contributed by atoms with Crippen molar-refractivity contribution in [3.63, 3.8) is 0 Å². The summed E-state index contributed by atoms with van der Waals surface area (Å²) in [7, 11) is 3.25. The number of methoxy groups -OCH3 is 1. The van der Waals surface area contributed by atoms with Crippen LogP contribution in [0.25, 0.3) is 0 Å². The number of rotatable bonds is 2. The molecule has 0 aromatic heterocycles. The number of primary amides is 1. The van der Waals surface area contributed by atoms with Gasteiger partial charge in [0.15, 0.2) is 0 Å². The van der Waals surface area contributed by atoms with Crippen LogP contribution in [0, 0.1) is 0 Å². The van der Waals surface area contributed by atoms with Gasteiger partial charge in [0.2, 0.25) is 6.41 Å². The zero-order valence-electron chi connectivity index (χ0n) is 10.6. The van der Waals surface area contributed by atoms with Gasteiger partial charge in [-0.15, -0.1) is 0 Å². The van der Waals surface area contributed by atoms with Gasteiger partial charge in [0.25, 0.3) is 0 Å². The molecular weight excluding hydrogens is 218 g/mol. The van der Waals surface area contributed by atoms with Crippen LogP contribution in [0.15, 0.2) is 36.4 Å². The number of nitrogens with two attached hydrogens (primary N) is 1. The van der Waals surface area contributed by atoms with Crippen LogP contribution >= 0.6 is 0 Å². The number of allylic oxidation sites excluding steroid dienone is 2. The Morgan fingerprint density at radius 1 is 1.29 bits per heavy atom. The van der Waals surface area contributed by atoms with Crippen molar-refractivity contribution in [2.75, 3.05) is 14.2 Å². The Kier molecular flexibility index (Phi) is 14.7. The Bertz CT molecular complexity index is 294. The number of amides is 1. The number of ether oxygens (including phenoxy) is 1. The van der Waals surface area contributed by atoms with E-state index in [0.717, 1.165) is 6.42 Å². The van der Waals surface area contributed by atoms with Gasteiger partial charge in [-0.2, -0.15) is 0 Å². The molecule has 17 heavy (non-hydrogen) atoms. The van der Waals surface area contributed by atoms with Crippen LogP contribution in [0.2, 0.25) is 0 Å². The number of aromatic hydroxyl groups is 1. The molecule has 4 nitrogen and oxygen atoms in total. The quantitative estimate of drug-likeness (QED) is 0.611. The van der Waals surface area contributed by atoms with Gasteiger partial charge in [-0.05, 0) is 31.0 Å². The fraction of sp³-hybridized carbons (Fsp3) is 0.308. The van der Waals surface area contributed by atoms with E-state index in [0.29, 0.717) is 5.75 Å². The third kappa shape index (κ3) is 14.2. The topological polar surface area (TPSA) is 72.6 Å². The van der Waals surface area contributed by atoms with Crippen molar-refractivity contribution in [1.82, 2.24) is 0 Å². The summed E-state index contributed by atoms with van der Waals surface area (Å²) in [5.41, 5.74) is 5.39. The summed E-state index contributed by atoms with van der Waals surface area (Å²) in [6, 6.07) is 7.27. The summed E-state index contributed by atoms with van der Waals surface area (Å²) in [6.45, 7) is 2.00. The maximum Gasteiger partial charge on any atom is 0.204 e. The number of hydrogen-bond acceptors (Lipinski definition) is 3. The fourth-order valence-corrected chi connectivity index (χ4v) is 0.886. The van der Waals surface area contributed by atoms with Crippen LogP contribution in [0.4, 0.5) is 0 Å². The molecule has 0 heterocycles. The lowest BCUT2D eigenvalue weighted by Crippen LogP contribution is -1.82. The second-order valence-corrected chi connectivity index (χ2v) is 2.98. The summed E-state index contributed by atoms with van der Waals surface area (Å²) in [6.07, 6.45) is 5.30. The van der Waals surface area contributed by atoms with Gasteiger partial charge < -0.3 is 15.6 Å². The standard InChI is InChI=1S/C10H12O.C2H6O.CH3NO/c1-2-3-4-9-5-7-10(11)8-6-9;1-3-2;2-1-3/h2-3,5-8,11H,4H2,1H3;1-2H3;1H,(H2,2,3)/b3-2+;;. The van der Waals surface area contributed by atoms with E-state index in [2.05, 4.69) is 16.5 Å². The van der Waals surface area contributed by atoms with E-state index in [-0.39, 0.29) is 6.41 Å². The normalized spacial score (nSPS) is 8.65. The lowest BCUT2D eigenvalue weighted by Gasteiger charge is -1.95. The highest BCUT2D eigenvalue weighted by molar-refractivity contribution is 5.42. The van der Waals surface area contributed by atoms with Crippen LogP contribution in [-0.2, 0) is 16.0 Å². The smallest absolute Gasteiger partial charge is 0.204 e. The van der Waals surface area contributed by atoms with Gasteiger partial charge in [-0.1, -0.05) is 24.3 Å². The number of carbonyl (C=O) groups is 1. The largest absolute Gasteiger partial charge is 0.508 e. The molecule has 4 heteroatoms. The molecule has 0 aliphatic heterocycles. The van der Waals surface area contributed by atoms with Gasteiger partial charge in [0.1, 0.15) is 5.75 Å². The Balaban J connectivity index is 0. The summed E-state index contributed by atoms with van der Waals surface area (Å²) < 4.78 is 4.25. The lowest BCUT2D eigenvalue weighted by molar-refractivity contribution is -0.106. The molecule has 0 aliphatic carbocycles. The van der Waals surface area contributed by atoms with Crippen molar-refractivity contribution >= 4 is 6.41 Å².